The zero-order valence-corrected chi connectivity index (χ0v) is 15.1. The average Bonchev–Trinajstić information content (AvgIpc) is 2.95. The Kier molecular flexibility index (Phi) is 5.04. The van der Waals surface area contributed by atoms with Crippen LogP contribution < -0.4 is 10.6 Å². The van der Waals surface area contributed by atoms with Gasteiger partial charge >= 0.3 is 0 Å². The van der Waals surface area contributed by atoms with Crippen LogP contribution in [-0.4, -0.2) is 20.9 Å². The molecule has 0 unspecified atom stereocenters. The lowest BCUT2D eigenvalue weighted by Gasteiger charge is -2.07. The first-order chi connectivity index (χ1) is 12.0. The van der Waals surface area contributed by atoms with Gasteiger partial charge in [-0.1, -0.05) is 18.2 Å². The second kappa shape index (κ2) is 7.40. The number of nitrogens with one attached hydrogen (secondary N) is 2. The van der Waals surface area contributed by atoms with Crippen LogP contribution in [0.25, 0.3) is 0 Å². The highest BCUT2D eigenvalue weighted by molar-refractivity contribution is 7.13. The van der Waals surface area contributed by atoms with Crippen molar-refractivity contribution in [1.82, 2.24) is 15.0 Å². The van der Waals surface area contributed by atoms with Crippen LogP contribution in [0.4, 0.5) is 16.8 Å². The number of benzene rings is 1. The fourth-order valence-electron chi connectivity index (χ4n) is 2.40. The Bertz CT molecular complexity index is 886. The minimum absolute atomic E-state index is 0.0891. The summed E-state index contributed by atoms with van der Waals surface area (Å²) >= 11 is 1.43. The molecule has 128 valence electrons. The average molecular weight is 353 g/mol. The lowest BCUT2D eigenvalue weighted by Crippen LogP contribution is -2.15. The maximum absolute atomic E-state index is 12.2. The van der Waals surface area contributed by atoms with Crippen molar-refractivity contribution in [2.75, 3.05) is 10.6 Å². The van der Waals surface area contributed by atoms with E-state index in [0.717, 1.165) is 22.6 Å². The van der Waals surface area contributed by atoms with Gasteiger partial charge in [-0.05, 0) is 38.5 Å². The first-order valence-corrected chi connectivity index (χ1v) is 8.77. The van der Waals surface area contributed by atoms with E-state index in [1.54, 1.807) is 0 Å². The number of para-hydroxylation sites is 1. The molecule has 2 N–H and O–H groups in total. The first kappa shape index (κ1) is 17.0. The molecule has 2 heterocycles. The molecule has 0 saturated heterocycles. The van der Waals surface area contributed by atoms with E-state index in [9.17, 15) is 4.79 Å². The van der Waals surface area contributed by atoms with Gasteiger partial charge in [-0.15, -0.1) is 11.3 Å². The highest BCUT2D eigenvalue weighted by Crippen LogP contribution is 2.20. The molecule has 0 radical (unpaired) electrons. The molecule has 0 spiro atoms. The van der Waals surface area contributed by atoms with Crippen molar-refractivity contribution in [2.45, 2.75) is 27.2 Å². The van der Waals surface area contributed by atoms with Crippen LogP contribution in [0.5, 0.6) is 0 Å². The Morgan fingerprint density at radius 3 is 2.52 bits per heavy atom. The topological polar surface area (TPSA) is 79.8 Å². The molecule has 0 bridgehead atoms. The summed E-state index contributed by atoms with van der Waals surface area (Å²) in [6.07, 6.45) is 0.222. The number of rotatable bonds is 5. The maximum atomic E-state index is 12.2. The van der Waals surface area contributed by atoms with E-state index in [-0.39, 0.29) is 12.3 Å². The van der Waals surface area contributed by atoms with Gasteiger partial charge in [0.15, 0.2) is 5.13 Å². The van der Waals surface area contributed by atoms with E-state index in [1.165, 1.54) is 11.3 Å². The molecule has 1 amide bonds. The van der Waals surface area contributed by atoms with Crippen LogP contribution in [0.3, 0.4) is 0 Å². The first-order valence-electron chi connectivity index (χ1n) is 7.89. The van der Waals surface area contributed by atoms with Gasteiger partial charge in [-0.2, -0.15) is 0 Å². The summed E-state index contributed by atoms with van der Waals surface area (Å²) in [6, 6.07) is 9.60. The molecule has 0 aliphatic carbocycles. The lowest BCUT2D eigenvalue weighted by atomic mass is 10.2. The molecule has 25 heavy (non-hydrogen) atoms. The summed E-state index contributed by atoms with van der Waals surface area (Å²) in [6.45, 7) is 5.80. The third kappa shape index (κ3) is 4.60. The number of thiazole rings is 1. The van der Waals surface area contributed by atoms with E-state index < -0.39 is 0 Å². The van der Waals surface area contributed by atoms with Crippen LogP contribution in [0.15, 0.2) is 35.7 Å². The van der Waals surface area contributed by atoms with Crippen molar-refractivity contribution >= 4 is 34.0 Å². The number of hydrogen-bond donors (Lipinski definition) is 2. The van der Waals surface area contributed by atoms with Gasteiger partial charge in [0.25, 0.3) is 0 Å². The Labute approximate surface area is 150 Å². The summed E-state index contributed by atoms with van der Waals surface area (Å²) in [5.74, 6) is 0.427. The summed E-state index contributed by atoms with van der Waals surface area (Å²) in [7, 11) is 0. The number of carbonyl (C=O) groups is 1. The number of carbonyl (C=O) groups excluding carboxylic acids is 1. The maximum Gasteiger partial charge on any atom is 0.230 e. The molecule has 3 rings (SSSR count). The van der Waals surface area contributed by atoms with Crippen LogP contribution in [0, 0.1) is 20.8 Å². The molecule has 0 atom stereocenters. The monoisotopic (exact) mass is 353 g/mol. The van der Waals surface area contributed by atoms with Gasteiger partial charge in [0.2, 0.25) is 11.9 Å². The molecule has 7 heteroatoms. The molecular weight excluding hydrogens is 334 g/mol. The predicted octanol–water partition coefficient (Wildman–Crippen LogP) is 3.78. The van der Waals surface area contributed by atoms with Crippen molar-refractivity contribution in [3.63, 3.8) is 0 Å². The van der Waals surface area contributed by atoms with Gasteiger partial charge in [0, 0.05) is 22.5 Å². The number of aryl methyl sites for hydroxylation is 3. The third-order valence-electron chi connectivity index (χ3n) is 3.51. The predicted molar refractivity (Wildman–Crippen MR) is 100 cm³/mol. The quantitative estimate of drug-likeness (QED) is 0.729. The van der Waals surface area contributed by atoms with E-state index >= 15 is 0 Å². The molecule has 0 fully saturated rings. The molecule has 3 aromatic rings. The van der Waals surface area contributed by atoms with Crippen molar-refractivity contribution < 1.29 is 4.79 Å². The molecule has 1 aromatic carbocycles. The van der Waals surface area contributed by atoms with E-state index in [1.807, 2.05) is 56.5 Å². The number of aromatic nitrogens is 3. The summed E-state index contributed by atoms with van der Waals surface area (Å²) < 4.78 is 0. The number of nitrogens with zero attached hydrogens (tertiary/aromatic N) is 3. The minimum Gasteiger partial charge on any atom is -0.326 e. The van der Waals surface area contributed by atoms with Gasteiger partial charge in [-0.3, -0.25) is 4.79 Å². The molecule has 2 aromatic heterocycles. The van der Waals surface area contributed by atoms with Crippen molar-refractivity contribution in [3.8, 4) is 0 Å². The van der Waals surface area contributed by atoms with Crippen molar-refractivity contribution in [3.05, 3.63) is 58.4 Å². The van der Waals surface area contributed by atoms with Crippen LogP contribution >= 0.6 is 11.3 Å². The summed E-state index contributed by atoms with van der Waals surface area (Å²) in [5, 5.41) is 8.54. The standard InChI is InChI=1S/C18H19N5OS/c1-11-6-4-5-7-15(11)22-16(24)9-14-10-25-18(21-14)23-17-19-12(2)8-13(3)20-17/h4-8,10H,9H2,1-3H3,(H,22,24)(H,19,20,21,23). The highest BCUT2D eigenvalue weighted by Gasteiger charge is 2.10. The van der Waals surface area contributed by atoms with Crippen LogP contribution in [0.1, 0.15) is 22.6 Å². The van der Waals surface area contributed by atoms with Gasteiger partial charge < -0.3 is 10.6 Å². The highest BCUT2D eigenvalue weighted by atomic mass is 32.1. The Balaban J connectivity index is 1.63. The Morgan fingerprint density at radius 1 is 1.08 bits per heavy atom. The SMILES string of the molecule is Cc1cc(C)nc(Nc2nc(CC(=O)Nc3ccccc3C)cs2)n1. The number of anilines is 3. The molecule has 0 saturated carbocycles. The van der Waals surface area contributed by atoms with Crippen LogP contribution in [0.2, 0.25) is 0 Å². The lowest BCUT2D eigenvalue weighted by molar-refractivity contribution is -0.115. The second-order valence-electron chi connectivity index (χ2n) is 5.78. The molecule has 0 aliphatic heterocycles. The van der Waals surface area contributed by atoms with Crippen molar-refractivity contribution in [2.24, 2.45) is 0 Å². The normalized spacial score (nSPS) is 10.5. The van der Waals surface area contributed by atoms with Gasteiger partial charge in [-0.25, -0.2) is 15.0 Å². The summed E-state index contributed by atoms with van der Waals surface area (Å²) in [5.41, 5.74) is 4.35. The zero-order chi connectivity index (χ0) is 17.8. The van der Waals surface area contributed by atoms with E-state index in [2.05, 4.69) is 25.6 Å². The zero-order valence-electron chi connectivity index (χ0n) is 14.3. The van der Waals surface area contributed by atoms with Crippen LogP contribution in [-0.2, 0) is 11.2 Å². The summed E-state index contributed by atoms with van der Waals surface area (Å²) in [4.78, 5) is 25.3. The number of amides is 1. The fraction of sp³-hybridized carbons (Fsp3) is 0.222. The van der Waals surface area contributed by atoms with Crippen molar-refractivity contribution in [1.29, 1.82) is 0 Å². The third-order valence-corrected chi connectivity index (χ3v) is 4.32. The van der Waals surface area contributed by atoms with E-state index in [4.69, 9.17) is 0 Å². The van der Waals surface area contributed by atoms with Gasteiger partial charge in [0.05, 0.1) is 12.1 Å². The van der Waals surface area contributed by atoms with Gasteiger partial charge in [0.1, 0.15) is 0 Å². The smallest absolute Gasteiger partial charge is 0.230 e. The minimum atomic E-state index is -0.0891. The largest absolute Gasteiger partial charge is 0.326 e. The Hall–Kier alpha value is -2.80. The molecular formula is C18H19N5OS. The molecule has 6 nitrogen and oxygen atoms in total. The second-order valence-corrected chi connectivity index (χ2v) is 6.64. The fourth-order valence-corrected chi connectivity index (χ4v) is 3.10. The Morgan fingerprint density at radius 2 is 1.80 bits per heavy atom. The number of hydrogen-bond acceptors (Lipinski definition) is 6. The van der Waals surface area contributed by atoms with E-state index in [0.29, 0.717) is 16.8 Å². The molecule has 0 aliphatic rings.